The first kappa shape index (κ1) is 94.6. The quantitative estimate of drug-likeness (QED) is 0.0454. The lowest BCUT2D eigenvalue weighted by molar-refractivity contribution is -0.131. The maximum atomic E-state index is 13.9. The second-order valence-electron chi connectivity index (χ2n) is 37.2. The number of rotatable bonds is 22. The first-order valence-electron chi connectivity index (χ1n) is 46.1. The van der Waals surface area contributed by atoms with E-state index < -0.39 is 53.3 Å². The number of hydrogen-bond acceptors (Lipinski definition) is 21. The SMILES string of the molecule is [C-]#[N+]C[C@H]1CN(c2nc(OCC3(CC)CCCN3C)nc3c2CCN(c2cccc4cccc(C)c24)C3)CCN1C(=O)C(=C)F.[C-]#[N+]C[C@H]1CN(c2nc(OCC3CC(=O)N(C)C3)nc3c2CCN(c2cccc4cccc(Cl)c24)C3)CCN1C(=O)C(=C)F.[C-]#[N+]C[C@H]1CN(c2nc(OCC3CCN3C(C)(C)C)nc3c2CCN(c2cccc4cccc(Cl)c24)C3)CCN1C(=O)C(=C)F. The summed E-state index contributed by atoms with van der Waals surface area (Å²) in [6.45, 7) is 54.2. The highest BCUT2D eigenvalue weighted by Crippen LogP contribution is 2.44. The lowest BCUT2D eigenvalue weighted by Gasteiger charge is -2.49. The second kappa shape index (κ2) is 40.7. The van der Waals surface area contributed by atoms with Gasteiger partial charge in [-0.2, -0.15) is 29.9 Å². The number of hydrogen-bond donors (Lipinski definition) is 0. The van der Waals surface area contributed by atoms with Crippen LogP contribution in [0.25, 0.3) is 46.9 Å². The maximum Gasteiger partial charge on any atom is 0.318 e. The number of likely N-dealkylation sites (N-methyl/N-ethyl adjacent to an activating group) is 1. The number of carbonyl (C=O) groups excluding carboxylic acids is 4. The molecule has 3 aromatic heterocycles. The normalized spacial score (nSPS) is 20.8. The van der Waals surface area contributed by atoms with Gasteiger partial charge in [-0.15, -0.1) is 0 Å². The predicted octanol–water partition coefficient (Wildman–Crippen LogP) is 14.8. The largest absolute Gasteiger partial charge is 0.463 e. The van der Waals surface area contributed by atoms with Gasteiger partial charge in [0.2, 0.25) is 25.5 Å². The Bertz CT molecular complexity index is 6150. The van der Waals surface area contributed by atoms with Crippen molar-refractivity contribution in [2.24, 2.45) is 5.92 Å². The van der Waals surface area contributed by atoms with Gasteiger partial charge in [0.15, 0.2) is 17.5 Å². The van der Waals surface area contributed by atoms with Crippen molar-refractivity contribution in [1.82, 2.24) is 59.3 Å². The van der Waals surface area contributed by atoms with Crippen LogP contribution in [0.4, 0.5) is 47.7 Å². The number of carbonyl (C=O) groups is 4. The smallest absolute Gasteiger partial charge is 0.318 e. The first-order valence-corrected chi connectivity index (χ1v) is 46.9. The molecule has 0 saturated carbocycles. The van der Waals surface area contributed by atoms with Gasteiger partial charge in [-0.25, -0.2) is 32.9 Å². The van der Waals surface area contributed by atoms with E-state index in [0.29, 0.717) is 139 Å². The molecule has 6 atom stereocenters. The van der Waals surface area contributed by atoms with Gasteiger partial charge in [0.05, 0.1) is 58.9 Å². The molecule has 18 rings (SSSR count). The minimum atomic E-state index is -1.03. The van der Waals surface area contributed by atoms with Crippen molar-refractivity contribution in [2.75, 3.05) is 181 Å². The van der Waals surface area contributed by atoms with Gasteiger partial charge in [0, 0.05) is 173 Å². The van der Waals surface area contributed by atoms with Gasteiger partial charge in [0.25, 0.3) is 17.7 Å². The highest BCUT2D eigenvalue weighted by Gasteiger charge is 2.44. The Morgan fingerprint density at radius 3 is 1.24 bits per heavy atom. The molecule has 700 valence electrons. The van der Waals surface area contributed by atoms with Crippen LogP contribution in [0.15, 0.2) is 146 Å². The molecule has 9 aromatic rings. The molecule has 0 N–H and O–H groups in total. The Hall–Kier alpha value is -12.6. The predicted molar refractivity (Wildman–Crippen MR) is 517 cm³/mol. The fraction of sp³-hybridized carbons (Fsp3) is 0.455. The van der Waals surface area contributed by atoms with Gasteiger partial charge in [-0.05, 0) is 138 Å². The van der Waals surface area contributed by atoms with Gasteiger partial charge in [-0.1, -0.05) is 129 Å². The zero-order valence-electron chi connectivity index (χ0n) is 77.2. The minimum absolute atomic E-state index is 0.0327. The Morgan fingerprint density at radius 2 is 0.881 bits per heavy atom. The van der Waals surface area contributed by atoms with Gasteiger partial charge in [-0.3, -0.25) is 29.0 Å². The number of likely N-dealkylation sites (tertiary alicyclic amines) is 3. The van der Waals surface area contributed by atoms with E-state index in [9.17, 15) is 32.3 Å². The average molecular weight is 1860 g/mol. The molecule has 33 heteroatoms. The summed E-state index contributed by atoms with van der Waals surface area (Å²) in [6, 6.07) is 36.7. The first-order chi connectivity index (χ1) is 64.5. The fourth-order valence-corrected chi connectivity index (χ4v) is 21.3. The number of piperazine rings is 3. The zero-order valence-corrected chi connectivity index (χ0v) is 78.7. The number of halogens is 5. The maximum absolute atomic E-state index is 13.9. The third-order valence-electron chi connectivity index (χ3n) is 27.9. The van der Waals surface area contributed by atoms with E-state index in [1.54, 1.807) is 11.9 Å². The summed E-state index contributed by atoms with van der Waals surface area (Å²) < 4.78 is 60.4. The zero-order chi connectivity index (χ0) is 94.6. The van der Waals surface area contributed by atoms with Crippen LogP contribution < -0.4 is 43.6 Å². The fourth-order valence-electron chi connectivity index (χ4n) is 20.7. The van der Waals surface area contributed by atoms with Crippen molar-refractivity contribution in [3.63, 3.8) is 0 Å². The molecule has 6 saturated heterocycles. The monoisotopic (exact) mass is 1860 g/mol. The molecular formula is C101H114Cl2F3N21O7. The van der Waals surface area contributed by atoms with E-state index in [2.05, 4.69) is 171 Å². The molecule has 6 aromatic carbocycles. The van der Waals surface area contributed by atoms with E-state index in [0.717, 1.165) is 137 Å². The van der Waals surface area contributed by atoms with Crippen LogP contribution >= 0.6 is 23.2 Å². The summed E-state index contributed by atoms with van der Waals surface area (Å²) >= 11 is 13.4. The van der Waals surface area contributed by atoms with Crippen LogP contribution in [-0.4, -0.2) is 270 Å². The van der Waals surface area contributed by atoms with E-state index in [4.69, 9.17) is 87.0 Å². The molecule has 134 heavy (non-hydrogen) atoms. The molecule has 0 aliphatic carbocycles. The lowest BCUT2D eigenvalue weighted by Crippen LogP contribution is -2.59. The summed E-state index contributed by atoms with van der Waals surface area (Å²) in [4.78, 5) is 114. The summed E-state index contributed by atoms with van der Waals surface area (Å²) in [5.74, 6) is -2.97. The van der Waals surface area contributed by atoms with Crippen molar-refractivity contribution in [3.8, 4) is 18.0 Å². The molecule has 0 radical (unpaired) electrons. The summed E-state index contributed by atoms with van der Waals surface area (Å²) in [6.07, 6.45) is 6.74. The molecular weight excluding hydrogens is 1750 g/mol. The molecule has 9 aliphatic rings. The molecule has 3 unspecified atom stereocenters. The van der Waals surface area contributed by atoms with Gasteiger partial charge in [0.1, 0.15) is 48.8 Å². The van der Waals surface area contributed by atoms with Crippen molar-refractivity contribution in [2.45, 2.75) is 141 Å². The molecule has 12 heterocycles. The summed E-state index contributed by atoms with van der Waals surface area (Å²) in [5.41, 5.74) is 10.2. The Kier molecular flexibility index (Phi) is 28.7. The lowest BCUT2D eigenvalue weighted by atomic mass is 9.94. The molecule has 0 bridgehead atoms. The average Bonchev–Trinajstić information content (AvgIpc) is 1.44. The Labute approximate surface area is 791 Å². The molecule has 4 amide bonds. The highest BCUT2D eigenvalue weighted by atomic mass is 35.5. The van der Waals surface area contributed by atoms with Crippen LogP contribution in [0.3, 0.4) is 0 Å². The van der Waals surface area contributed by atoms with E-state index >= 15 is 0 Å². The number of nitrogens with zero attached hydrogens (tertiary/aromatic N) is 21. The Balaban J connectivity index is 0.000000146. The number of ether oxygens (including phenoxy) is 3. The third kappa shape index (κ3) is 20.0. The number of fused-ring (bicyclic) bond motifs is 6. The van der Waals surface area contributed by atoms with Crippen molar-refractivity contribution >= 4 is 114 Å². The van der Waals surface area contributed by atoms with Crippen LogP contribution in [-0.2, 0) is 58.1 Å². The van der Waals surface area contributed by atoms with Crippen molar-refractivity contribution < 1.29 is 46.6 Å². The Morgan fingerprint density at radius 1 is 0.493 bits per heavy atom. The van der Waals surface area contributed by atoms with Crippen molar-refractivity contribution in [1.29, 1.82) is 0 Å². The molecule has 6 fully saturated rings. The van der Waals surface area contributed by atoms with Crippen LogP contribution in [0.5, 0.6) is 18.0 Å². The standard InChI is InChI=1S/C35H42FN7O2.C34H39ClFN7O2.C32H33ClFN7O3/c1-6-35(15-9-16-40(35)5)23-45-34-38-29-22-41(30-13-8-12-26-11-7-10-24(2)31(26)30)17-14-28(29)32(39-34)42-18-19-43(33(44)25(3)36)27(21-42)20-37-4;1-22(36)32(44)42-17-16-41(19-25(42)18-37-5)31-26-13-14-40(29-11-7-9-23-8-6-10-27(35)30(23)29)20-28(26)38-33(39-31)45-21-24-12-15-43(24)34(2,3)4;1-20(34)31(43)41-13-12-40(17-23(41)15-35-2)30-24-10-11-39(27-9-5-7-22-6-4-8-25(33)29(22)27)18-26(24)36-32(37-30)44-19-21-14-28(42)38(3)16-21/h7-8,10-13,27H,3,6,9,14-23H2,1-2,5H3;6-11,24-25H,1,12-21H2,2-4H3;4-9,21,23H,1,10-19H2,3H3/t27-,35?;24?,25-;21?,23-/m000/s1. The number of amides is 4. The van der Waals surface area contributed by atoms with E-state index in [1.807, 2.05) is 53.4 Å². The number of aromatic nitrogens is 6. The summed E-state index contributed by atoms with van der Waals surface area (Å²) in [7, 11) is 3.94. The molecule has 0 spiro atoms. The molecule has 9 aliphatic heterocycles. The van der Waals surface area contributed by atoms with Crippen molar-refractivity contribution in [3.05, 3.63) is 230 Å². The summed E-state index contributed by atoms with van der Waals surface area (Å²) in [5, 5.41) is 7.99. The minimum Gasteiger partial charge on any atom is -0.463 e. The molecule has 28 nitrogen and oxygen atoms in total. The van der Waals surface area contributed by atoms with E-state index in [-0.39, 0.29) is 74.2 Å². The van der Waals surface area contributed by atoms with Gasteiger partial charge >= 0.3 is 18.0 Å². The van der Waals surface area contributed by atoms with Crippen LogP contribution in [0.1, 0.15) is 99.1 Å². The third-order valence-corrected chi connectivity index (χ3v) is 28.6. The number of benzene rings is 6. The topological polar surface area (TPSA) is 225 Å². The van der Waals surface area contributed by atoms with Crippen LogP contribution in [0.2, 0.25) is 10.0 Å². The number of anilines is 6. The van der Waals surface area contributed by atoms with Gasteiger partial charge < -0.3 is 77.7 Å². The van der Waals surface area contributed by atoms with Crippen LogP contribution in [0, 0.1) is 32.6 Å². The second-order valence-corrected chi connectivity index (χ2v) is 38.0. The number of aryl methyl sites for hydroxylation is 1. The highest BCUT2D eigenvalue weighted by molar-refractivity contribution is 6.37. The van der Waals surface area contributed by atoms with E-state index in [1.165, 1.54) is 36.7 Å².